The van der Waals surface area contributed by atoms with Gasteiger partial charge in [-0.05, 0) is 41.7 Å². The van der Waals surface area contributed by atoms with Crippen LogP contribution in [-0.2, 0) is 13.1 Å². The van der Waals surface area contributed by atoms with Gasteiger partial charge >= 0.3 is 0 Å². The maximum absolute atomic E-state index is 13.3. The third-order valence-electron chi connectivity index (χ3n) is 5.48. The zero-order valence-corrected chi connectivity index (χ0v) is 18.3. The van der Waals surface area contributed by atoms with E-state index in [1.165, 1.54) is 0 Å². The molecule has 0 radical (unpaired) electrons. The SMILES string of the molecule is CC(C)CNc1n[nH]c2cc(O)c(C(=O)N3Cc4ccc(OCCCC#N)cc4C3)cc12. The number of carbonyl (C=O) groups excluding carboxylic acids is 1. The van der Waals surface area contributed by atoms with Crippen molar-refractivity contribution < 1.29 is 14.6 Å². The molecule has 0 saturated carbocycles. The number of unbranched alkanes of at least 4 members (excludes halogenated alkanes) is 1. The fourth-order valence-corrected chi connectivity index (χ4v) is 3.78. The molecule has 0 aliphatic carbocycles. The zero-order chi connectivity index (χ0) is 22.7. The molecule has 0 unspecified atom stereocenters. The topological polar surface area (TPSA) is 114 Å². The van der Waals surface area contributed by atoms with Crippen LogP contribution in [-0.4, -0.2) is 39.3 Å². The van der Waals surface area contributed by atoms with Gasteiger partial charge in [0.25, 0.3) is 5.91 Å². The summed E-state index contributed by atoms with van der Waals surface area (Å²) in [5.74, 6) is 1.56. The molecule has 8 nitrogen and oxygen atoms in total. The predicted octanol–water partition coefficient (Wildman–Crippen LogP) is 4.17. The number of anilines is 1. The number of benzene rings is 2. The number of nitrogens with zero attached hydrogens (tertiary/aromatic N) is 3. The van der Waals surface area contributed by atoms with Crippen LogP contribution in [0.25, 0.3) is 10.9 Å². The largest absolute Gasteiger partial charge is 0.507 e. The number of carbonyl (C=O) groups is 1. The number of nitrogens with one attached hydrogen (secondary N) is 2. The second-order valence-electron chi connectivity index (χ2n) is 8.46. The second kappa shape index (κ2) is 9.18. The van der Waals surface area contributed by atoms with Crippen molar-refractivity contribution >= 4 is 22.6 Å². The molecule has 2 aromatic carbocycles. The fraction of sp³-hybridized carbons (Fsp3) is 0.375. The van der Waals surface area contributed by atoms with Gasteiger partial charge in [0.15, 0.2) is 5.82 Å². The molecule has 1 aliphatic rings. The number of fused-ring (bicyclic) bond motifs is 2. The van der Waals surface area contributed by atoms with Crippen molar-refractivity contribution in [3.8, 4) is 17.6 Å². The Morgan fingerprint density at radius 1 is 1.31 bits per heavy atom. The van der Waals surface area contributed by atoms with Gasteiger partial charge in [-0.25, -0.2) is 0 Å². The smallest absolute Gasteiger partial charge is 0.258 e. The molecular weight excluding hydrogens is 406 g/mol. The Morgan fingerprint density at radius 3 is 2.91 bits per heavy atom. The number of hydrogen-bond donors (Lipinski definition) is 3. The van der Waals surface area contributed by atoms with E-state index in [0.717, 1.165) is 28.8 Å². The molecule has 4 rings (SSSR count). The monoisotopic (exact) mass is 433 g/mol. The number of aromatic hydroxyl groups is 1. The van der Waals surface area contributed by atoms with Gasteiger partial charge in [-0.1, -0.05) is 19.9 Å². The van der Waals surface area contributed by atoms with Crippen LogP contribution >= 0.6 is 0 Å². The Hall–Kier alpha value is -3.73. The zero-order valence-electron chi connectivity index (χ0n) is 18.3. The number of ether oxygens (including phenoxy) is 1. The van der Waals surface area contributed by atoms with E-state index in [4.69, 9.17) is 10.00 Å². The highest BCUT2D eigenvalue weighted by Gasteiger charge is 2.27. The van der Waals surface area contributed by atoms with Crippen molar-refractivity contribution in [3.05, 3.63) is 47.0 Å². The number of hydrogen-bond acceptors (Lipinski definition) is 6. The summed E-state index contributed by atoms with van der Waals surface area (Å²) < 4.78 is 5.71. The van der Waals surface area contributed by atoms with Crippen LogP contribution in [0.3, 0.4) is 0 Å². The molecule has 0 bridgehead atoms. The van der Waals surface area contributed by atoms with Gasteiger partial charge in [0, 0.05) is 37.5 Å². The van der Waals surface area contributed by atoms with Crippen molar-refractivity contribution in [1.82, 2.24) is 15.1 Å². The van der Waals surface area contributed by atoms with Crippen LogP contribution in [0.5, 0.6) is 11.5 Å². The third kappa shape index (κ3) is 4.47. The summed E-state index contributed by atoms with van der Waals surface area (Å²) in [6.07, 6.45) is 1.15. The number of amides is 1. The highest BCUT2D eigenvalue weighted by atomic mass is 16.5. The van der Waals surface area contributed by atoms with E-state index in [-0.39, 0.29) is 17.2 Å². The van der Waals surface area contributed by atoms with Gasteiger partial charge < -0.3 is 20.1 Å². The van der Waals surface area contributed by atoms with Crippen LogP contribution in [0.2, 0.25) is 0 Å². The number of aromatic amines is 1. The van der Waals surface area contributed by atoms with Crippen LogP contribution < -0.4 is 10.1 Å². The van der Waals surface area contributed by atoms with Crippen molar-refractivity contribution in [3.63, 3.8) is 0 Å². The third-order valence-corrected chi connectivity index (χ3v) is 5.48. The molecule has 1 amide bonds. The molecule has 3 N–H and O–H groups in total. The van der Waals surface area contributed by atoms with E-state index in [9.17, 15) is 9.90 Å². The lowest BCUT2D eigenvalue weighted by atomic mass is 10.1. The minimum Gasteiger partial charge on any atom is -0.507 e. The average Bonchev–Trinajstić information content (AvgIpc) is 3.37. The molecule has 1 aromatic heterocycles. The number of H-pyrrole nitrogens is 1. The lowest BCUT2D eigenvalue weighted by Gasteiger charge is -2.16. The molecule has 1 aliphatic heterocycles. The normalized spacial score (nSPS) is 12.8. The molecule has 0 saturated heterocycles. The first-order valence-electron chi connectivity index (χ1n) is 10.8. The van der Waals surface area contributed by atoms with E-state index in [2.05, 4.69) is 35.4 Å². The number of phenolic OH excluding ortho intramolecular Hbond substituents is 1. The summed E-state index contributed by atoms with van der Waals surface area (Å²) in [5.41, 5.74) is 3.02. The van der Waals surface area contributed by atoms with Gasteiger partial charge in [-0.3, -0.25) is 9.89 Å². The highest BCUT2D eigenvalue weighted by molar-refractivity contribution is 6.03. The molecule has 8 heteroatoms. The molecule has 2 heterocycles. The summed E-state index contributed by atoms with van der Waals surface area (Å²) in [6, 6.07) is 11.2. The van der Waals surface area contributed by atoms with Gasteiger partial charge in [-0.2, -0.15) is 10.4 Å². The Balaban J connectivity index is 1.50. The molecule has 0 spiro atoms. The van der Waals surface area contributed by atoms with E-state index < -0.39 is 0 Å². The minimum absolute atomic E-state index is 0.0703. The van der Waals surface area contributed by atoms with Gasteiger partial charge in [0.2, 0.25) is 0 Å². The fourth-order valence-electron chi connectivity index (χ4n) is 3.78. The quantitative estimate of drug-likeness (QED) is 0.459. The maximum atomic E-state index is 13.3. The number of aromatic nitrogens is 2. The van der Waals surface area contributed by atoms with Gasteiger partial charge in [0.05, 0.1) is 23.8 Å². The minimum atomic E-state index is -0.229. The Kier molecular flexibility index (Phi) is 6.17. The molecular formula is C24H27N5O3. The van der Waals surface area contributed by atoms with Crippen molar-refractivity contribution in [2.45, 2.75) is 39.8 Å². The standard InChI is InChI=1S/C24H27N5O3/c1-15(2)12-26-23-19-10-20(22(30)11-21(19)27-28-23)24(31)29-13-16-5-6-18(9-17(16)14-29)32-8-4-3-7-25/h5-6,9-11,15,30H,3-4,8,12-14H2,1-2H3,(H2,26,27,28). The van der Waals surface area contributed by atoms with E-state index in [0.29, 0.717) is 49.8 Å². The summed E-state index contributed by atoms with van der Waals surface area (Å²) in [6.45, 7) is 6.38. The Morgan fingerprint density at radius 2 is 2.12 bits per heavy atom. The summed E-state index contributed by atoms with van der Waals surface area (Å²) >= 11 is 0. The van der Waals surface area contributed by atoms with Gasteiger partial charge in [-0.15, -0.1) is 0 Å². The van der Waals surface area contributed by atoms with Crippen molar-refractivity contribution in [1.29, 1.82) is 5.26 Å². The van der Waals surface area contributed by atoms with Crippen LogP contribution in [0.4, 0.5) is 5.82 Å². The number of phenols is 1. The molecule has 32 heavy (non-hydrogen) atoms. The van der Waals surface area contributed by atoms with E-state index in [1.54, 1.807) is 17.0 Å². The van der Waals surface area contributed by atoms with Crippen LogP contribution in [0.15, 0.2) is 30.3 Å². The van der Waals surface area contributed by atoms with Crippen molar-refractivity contribution in [2.75, 3.05) is 18.5 Å². The van der Waals surface area contributed by atoms with Crippen molar-refractivity contribution in [2.24, 2.45) is 5.92 Å². The average molecular weight is 434 g/mol. The summed E-state index contributed by atoms with van der Waals surface area (Å²) in [5, 5.41) is 30.4. The molecule has 3 aromatic rings. The number of rotatable bonds is 8. The molecule has 0 atom stereocenters. The van der Waals surface area contributed by atoms with Gasteiger partial charge in [0.1, 0.15) is 11.5 Å². The molecule has 0 fully saturated rings. The summed E-state index contributed by atoms with van der Waals surface area (Å²) in [7, 11) is 0. The Labute approximate surface area is 186 Å². The molecule has 166 valence electrons. The lowest BCUT2D eigenvalue weighted by molar-refractivity contribution is 0.0748. The van der Waals surface area contributed by atoms with E-state index in [1.807, 2.05) is 18.2 Å². The predicted molar refractivity (Wildman–Crippen MR) is 121 cm³/mol. The second-order valence-corrected chi connectivity index (χ2v) is 8.46. The first kappa shape index (κ1) is 21.5. The number of nitriles is 1. The first-order valence-corrected chi connectivity index (χ1v) is 10.8. The summed E-state index contributed by atoms with van der Waals surface area (Å²) in [4.78, 5) is 15.0. The first-order chi connectivity index (χ1) is 15.5. The lowest BCUT2D eigenvalue weighted by Crippen LogP contribution is -2.25. The van der Waals surface area contributed by atoms with Crippen LogP contribution in [0.1, 0.15) is 48.2 Å². The Bertz CT molecular complexity index is 1180. The van der Waals surface area contributed by atoms with E-state index >= 15 is 0 Å². The highest BCUT2D eigenvalue weighted by Crippen LogP contribution is 2.32. The maximum Gasteiger partial charge on any atom is 0.258 e. The van der Waals surface area contributed by atoms with Crippen LogP contribution in [0, 0.1) is 17.2 Å².